The first-order valence-electron chi connectivity index (χ1n) is 5.94. The Bertz CT molecular complexity index is 391. The Kier molecular flexibility index (Phi) is 5.07. The summed E-state index contributed by atoms with van der Waals surface area (Å²) < 4.78 is 0. The highest BCUT2D eigenvalue weighted by molar-refractivity contribution is 7.24. The Balaban J connectivity index is 0.000000180. The number of nitrogens with zero attached hydrogens (tertiary/aromatic N) is 2. The zero-order valence-electron chi connectivity index (χ0n) is 11.9. The molecular formula is C12H22N4P2. The average molecular weight is 284 g/mol. The van der Waals surface area contributed by atoms with E-state index in [2.05, 4.69) is 73.1 Å². The van der Waals surface area contributed by atoms with Crippen LogP contribution >= 0.6 is 16.7 Å². The molecule has 0 unspecified atom stereocenters. The van der Waals surface area contributed by atoms with Crippen LogP contribution in [0.25, 0.3) is 0 Å². The lowest BCUT2D eigenvalue weighted by Gasteiger charge is -2.13. The minimum atomic E-state index is 0.205. The quantitative estimate of drug-likeness (QED) is 0.744. The van der Waals surface area contributed by atoms with E-state index in [9.17, 15) is 0 Å². The summed E-state index contributed by atoms with van der Waals surface area (Å²) in [7, 11) is 2.21. The van der Waals surface area contributed by atoms with Gasteiger partial charge in [0.1, 0.15) is 0 Å². The topological polar surface area (TPSA) is 57.4 Å². The molecule has 0 radical (unpaired) electrons. The highest BCUT2D eigenvalue weighted by Crippen LogP contribution is 2.21. The molecule has 2 aromatic rings. The van der Waals surface area contributed by atoms with E-state index in [-0.39, 0.29) is 10.8 Å². The minimum Gasteiger partial charge on any atom is -0.260 e. The Morgan fingerprint density at radius 1 is 0.778 bits per heavy atom. The summed E-state index contributed by atoms with van der Waals surface area (Å²) in [6.45, 7) is 12.9. The molecule has 0 aliphatic rings. The molecule has 0 spiro atoms. The second-order valence-corrected chi connectivity index (χ2v) is 7.64. The Morgan fingerprint density at radius 2 is 1.11 bits per heavy atom. The molecule has 2 N–H and O–H groups in total. The van der Waals surface area contributed by atoms with Gasteiger partial charge < -0.3 is 0 Å². The molecule has 18 heavy (non-hydrogen) atoms. The predicted octanol–water partition coefficient (Wildman–Crippen LogP) is 4.57. The lowest BCUT2D eigenvalue weighted by molar-refractivity contribution is 0.566. The molecule has 2 aromatic heterocycles. The molecule has 0 aliphatic heterocycles. The third kappa shape index (κ3) is 4.88. The standard InChI is InChI=1S/2C6H11N2P/c2*1-6(2,3)5-4-9-8-7-5/h2*4H,1-3H3,(H,7,8). The van der Waals surface area contributed by atoms with Gasteiger partial charge in [-0.25, -0.2) is 0 Å². The zero-order valence-corrected chi connectivity index (χ0v) is 13.7. The van der Waals surface area contributed by atoms with Gasteiger partial charge in [-0.1, -0.05) is 41.5 Å². The second kappa shape index (κ2) is 5.95. The van der Waals surface area contributed by atoms with E-state index in [4.69, 9.17) is 0 Å². The molecular weight excluding hydrogens is 262 g/mol. The number of aromatic amines is 2. The Morgan fingerprint density at radius 3 is 1.22 bits per heavy atom. The van der Waals surface area contributed by atoms with E-state index < -0.39 is 0 Å². The van der Waals surface area contributed by atoms with Crippen LogP contribution in [0.15, 0.2) is 11.6 Å². The lowest BCUT2D eigenvalue weighted by Crippen LogP contribution is -2.11. The maximum atomic E-state index is 4.11. The number of hydrogen-bond donors (Lipinski definition) is 2. The third-order valence-electron chi connectivity index (χ3n) is 2.37. The number of hydrogen-bond acceptors (Lipinski definition) is 2. The normalized spacial score (nSPS) is 12.8. The van der Waals surface area contributed by atoms with Crippen molar-refractivity contribution in [3.63, 3.8) is 0 Å². The summed E-state index contributed by atoms with van der Waals surface area (Å²) >= 11 is 0. The molecule has 0 amide bonds. The molecule has 2 rings (SSSR count). The number of aromatic nitrogens is 4. The van der Waals surface area contributed by atoms with Crippen molar-refractivity contribution in [2.24, 2.45) is 0 Å². The van der Waals surface area contributed by atoms with Crippen LogP contribution < -0.4 is 0 Å². The number of H-pyrrole nitrogens is 2. The first kappa shape index (κ1) is 15.3. The number of nitrogens with one attached hydrogen (secondary N) is 2. The molecule has 6 heteroatoms. The van der Waals surface area contributed by atoms with Crippen molar-refractivity contribution in [1.29, 1.82) is 0 Å². The van der Waals surface area contributed by atoms with Gasteiger partial charge in [0.25, 0.3) is 0 Å². The van der Waals surface area contributed by atoms with E-state index in [1.807, 2.05) is 0 Å². The Hall–Kier alpha value is -0.720. The fraction of sp³-hybridized carbons (Fsp3) is 0.667. The molecule has 0 atom stereocenters. The van der Waals surface area contributed by atoms with E-state index in [0.29, 0.717) is 0 Å². The summed E-state index contributed by atoms with van der Waals surface area (Å²) in [5, 5.41) is 8.21. The van der Waals surface area contributed by atoms with Gasteiger partial charge in [0.2, 0.25) is 0 Å². The average Bonchev–Trinajstić information content (AvgIpc) is 2.91. The van der Waals surface area contributed by atoms with Crippen molar-refractivity contribution in [3.05, 3.63) is 23.0 Å². The van der Waals surface area contributed by atoms with Crippen LogP contribution in [-0.4, -0.2) is 19.9 Å². The van der Waals surface area contributed by atoms with Crippen molar-refractivity contribution in [1.82, 2.24) is 19.9 Å². The van der Waals surface area contributed by atoms with Crippen molar-refractivity contribution >= 4 is 16.7 Å². The predicted molar refractivity (Wildman–Crippen MR) is 79.6 cm³/mol. The van der Waals surface area contributed by atoms with E-state index in [1.54, 1.807) is 0 Å². The summed E-state index contributed by atoms with van der Waals surface area (Å²) in [6, 6.07) is 0. The first-order valence-corrected chi connectivity index (χ1v) is 7.86. The van der Waals surface area contributed by atoms with E-state index in [1.165, 1.54) is 0 Å². The summed E-state index contributed by atoms with van der Waals surface area (Å²) in [6.07, 6.45) is 0. The minimum absolute atomic E-state index is 0.205. The van der Waals surface area contributed by atoms with Crippen LogP contribution in [0.1, 0.15) is 52.9 Å². The van der Waals surface area contributed by atoms with Gasteiger partial charge in [-0.2, -0.15) is 10.2 Å². The summed E-state index contributed by atoms with van der Waals surface area (Å²) in [4.78, 5) is 5.77. The first-order chi connectivity index (χ1) is 8.21. The maximum absolute atomic E-state index is 4.11. The van der Waals surface area contributed by atoms with Crippen LogP contribution in [0, 0.1) is 0 Å². The molecule has 0 aromatic carbocycles. The Labute approximate surface area is 112 Å². The van der Waals surface area contributed by atoms with Gasteiger partial charge in [-0.15, -0.1) is 0 Å². The van der Waals surface area contributed by atoms with Crippen molar-refractivity contribution in [2.45, 2.75) is 52.4 Å². The smallest absolute Gasteiger partial charge is 0.0723 e. The van der Waals surface area contributed by atoms with Crippen LogP contribution in [0.3, 0.4) is 0 Å². The van der Waals surface area contributed by atoms with Gasteiger partial charge in [0, 0.05) is 39.1 Å². The molecule has 0 aliphatic carbocycles. The molecule has 100 valence electrons. The SMILES string of the molecule is CC(C)(C)c1cp[nH]n1.CC(C)(C)c1cp[nH]n1. The summed E-state index contributed by atoms with van der Waals surface area (Å²) in [5.74, 6) is 4.19. The molecule has 2 heterocycles. The lowest BCUT2D eigenvalue weighted by atomic mass is 9.94. The van der Waals surface area contributed by atoms with Crippen molar-refractivity contribution in [2.75, 3.05) is 0 Å². The molecule has 4 nitrogen and oxygen atoms in total. The van der Waals surface area contributed by atoms with Gasteiger partial charge in [-0.05, 0) is 0 Å². The van der Waals surface area contributed by atoms with Crippen LogP contribution in [-0.2, 0) is 10.8 Å². The molecule has 0 saturated heterocycles. The molecule has 0 saturated carbocycles. The fourth-order valence-corrected chi connectivity index (χ4v) is 2.71. The van der Waals surface area contributed by atoms with Gasteiger partial charge in [-0.3, -0.25) is 9.72 Å². The fourth-order valence-electron chi connectivity index (χ4n) is 1.13. The molecule has 0 fully saturated rings. The zero-order chi connectivity index (χ0) is 13.8. The largest absolute Gasteiger partial charge is 0.260 e. The monoisotopic (exact) mass is 284 g/mol. The highest BCUT2D eigenvalue weighted by Gasteiger charge is 2.15. The maximum Gasteiger partial charge on any atom is 0.0723 e. The van der Waals surface area contributed by atoms with Gasteiger partial charge in [0.05, 0.1) is 11.4 Å². The van der Waals surface area contributed by atoms with Crippen LogP contribution in [0.2, 0.25) is 0 Å². The second-order valence-electron chi connectivity index (χ2n) is 6.21. The van der Waals surface area contributed by atoms with E-state index in [0.717, 1.165) is 28.1 Å². The van der Waals surface area contributed by atoms with Crippen LogP contribution in [0.5, 0.6) is 0 Å². The third-order valence-corrected chi connectivity index (χ3v) is 3.55. The van der Waals surface area contributed by atoms with Crippen molar-refractivity contribution < 1.29 is 0 Å². The van der Waals surface area contributed by atoms with Gasteiger partial charge in [0.15, 0.2) is 0 Å². The number of rotatable bonds is 0. The summed E-state index contributed by atoms with van der Waals surface area (Å²) in [5.41, 5.74) is 2.72. The van der Waals surface area contributed by atoms with Gasteiger partial charge >= 0.3 is 0 Å². The van der Waals surface area contributed by atoms with Crippen LogP contribution in [0.4, 0.5) is 0 Å². The molecule has 0 bridgehead atoms. The van der Waals surface area contributed by atoms with Crippen molar-refractivity contribution in [3.8, 4) is 0 Å². The highest BCUT2D eigenvalue weighted by atomic mass is 31.0. The van der Waals surface area contributed by atoms with E-state index >= 15 is 0 Å².